The molecule has 5 rings (SSSR count). The summed E-state index contributed by atoms with van der Waals surface area (Å²) >= 11 is 0. The van der Waals surface area contributed by atoms with Crippen LogP contribution in [0.4, 0.5) is 23.4 Å². The minimum Gasteiger partial charge on any atom is -0.363 e. The van der Waals surface area contributed by atoms with Crippen molar-refractivity contribution in [1.29, 1.82) is 0 Å². The van der Waals surface area contributed by atoms with Crippen LogP contribution < -0.4 is 5.32 Å². The van der Waals surface area contributed by atoms with E-state index in [9.17, 15) is 17.6 Å². The standard InChI is InChI=1S/C24H26F4N6/c25-7-2-8-34-13-16(14-34)32-22-12-29-21(11-30-22)23-15(9-24(26,27)28)3-1-4-17-18(23)5-6-20-19(17)10-31-33-20/h5-6,10-12,16H,1-4,7-9,13-14H2,(H,30,32)(H,31,33). The van der Waals surface area contributed by atoms with E-state index in [0.29, 0.717) is 48.3 Å². The fourth-order valence-electron chi connectivity index (χ4n) is 4.98. The lowest BCUT2D eigenvalue weighted by Crippen LogP contribution is -2.54. The predicted molar refractivity (Wildman–Crippen MR) is 122 cm³/mol. The van der Waals surface area contributed by atoms with Crippen molar-refractivity contribution in [3.63, 3.8) is 0 Å². The number of nitrogens with zero attached hydrogens (tertiary/aromatic N) is 4. The largest absolute Gasteiger partial charge is 0.392 e. The number of likely N-dealkylation sites (tertiary alicyclic amines) is 1. The molecule has 1 aromatic carbocycles. The monoisotopic (exact) mass is 474 g/mol. The number of anilines is 1. The van der Waals surface area contributed by atoms with Crippen molar-refractivity contribution in [2.24, 2.45) is 0 Å². The Morgan fingerprint density at radius 3 is 2.68 bits per heavy atom. The van der Waals surface area contributed by atoms with E-state index in [1.807, 2.05) is 12.1 Å². The van der Waals surface area contributed by atoms with Crippen LogP contribution in [-0.2, 0) is 6.42 Å². The van der Waals surface area contributed by atoms with Crippen molar-refractivity contribution < 1.29 is 17.6 Å². The van der Waals surface area contributed by atoms with Crippen molar-refractivity contribution in [1.82, 2.24) is 25.1 Å². The minimum absolute atomic E-state index is 0.202. The number of aromatic amines is 1. The average molecular weight is 475 g/mol. The number of benzene rings is 1. The van der Waals surface area contributed by atoms with Gasteiger partial charge in [0.2, 0.25) is 0 Å². The molecule has 0 unspecified atom stereocenters. The van der Waals surface area contributed by atoms with Gasteiger partial charge in [-0.05, 0) is 42.9 Å². The molecule has 1 aliphatic carbocycles. The number of nitrogens with one attached hydrogen (secondary N) is 2. The van der Waals surface area contributed by atoms with Gasteiger partial charge >= 0.3 is 6.18 Å². The minimum atomic E-state index is -4.31. The van der Waals surface area contributed by atoms with Gasteiger partial charge in [0.15, 0.2) is 0 Å². The maximum Gasteiger partial charge on any atom is 0.392 e. The van der Waals surface area contributed by atoms with Crippen molar-refractivity contribution in [2.45, 2.75) is 44.3 Å². The summed E-state index contributed by atoms with van der Waals surface area (Å²) in [6.45, 7) is 2.03. The van der Waals surface area contributed by atoms with E-state index in [0.717, 1.165) is 41.7 Å². The quantitative estimate of drug-likeness (QED) is 0.477. The second-order valence-electron chi connectivity index (χ2n) is 8.98. The van der Waals surface area contributed by atoms with Crippen LogP contribution in [0.2, 0.25) is 0 Å². The summed E-state index contributed by atoms with van der Waals surface area (Å²) in [6, 6.07) is 3.92. The Kier molecular flexibility index (Phi) is 6.24. The van der Waals surface area contributed by atoms with Crippen molar-refractivity contribution in [3.8, 4) is 0 Å². The third-order valence-corrected chi connectivity index (χ3v) is 6.50. The highest BCUT2D eigenvalue weighted by molar-refractivity contribution is 5.92. The Balaban J connectivity index is 1.44. The Hall–Kier alpha value is -3.01. The maximum absolute atomic E-state index is 13.5. The lowest BCUT2D eigenvalue weighted by Gasteiger charge is -2.39. The number of rotatable bonds is 7. The van der Waals surface area contributed by atoms with E-state index in [1.165, 1.54) is 0 Å². The topological polar surface area (TPSA) is 69.7 Å². The van der Waals surface area contributed by atoms with Gasteiger partial charge in [-0.15, -0.1) is 0 Å². The smallest absolute Gasteiger partial charge is 0.363 e. The first kappa shape index (κ1) is 22.8. The molecular weight excluding hydrogens is 448 g/mol. The van der Waals surface area contributed by atoms with Crippen LogP contribution in [0.5, 0.6) is 0 Å². The Morgan fingerprint density at radius 1 is 1.09 bits per heavy atom. The summed E-state index contributed by atoms with van der Waals surface area (Å²) in [4.78, 5) is 11.2. The first-order chi connectivity index (χ1) is 16.4. The van der Waals surface area contributed by atoms with Gasteiger partial charge in [0.25, 0.3) is 0 Å². The number of aryl methyl sites for hydroxylation is 1. The van der Waals surface area contributed by atoms with Crippen molar-refractivity contribution in [2.75, 3.05) is 31.6 Å². The number of hydrogen-bond acceptors (Lipinski definition) is 5. The molecule has 3 aromatic rings. The molecule has 0 atom stereocenters. The third kappa shape index (κ3) is 4.77. The first-order valence-electron chi connectivity index (χ1n) is 11.5. The molecular formula is C24H26F4N6. The van der Waals surface area contributed by atoms with Gasteiger partial charge in [0.05, 0.1) is 48.9 Å². The molecule has 1 fully saturated rings. The van der Waals surface area contributed by atoms with Gasteiger partial charge in [-0.25, -0.2) is 4.98 Å². The van der Waals surface area contributed by atoms with E-state index in [4.69, 9.17) is 0 Å². The molecule has 0 bridgehead atoms. The summed E-state index contributed by atoms with van der Waals surface area (Å²) in [7, 11) is 0. The maximum atomic E-state index is 13.5. The highest BCUT2D eigenvalue weighted by atomic mass is 19.4. The van der Waals surface area contributed by atoms with Gasteiger partial charge in [-0.1, -0.05) is 11.6 Å². The molecule has 0 amide bonds. The van der Waals surface area contributed by atoms with Gasteiger partial charge in [0.1, 0.15) is 5.82 Å². The molecule has 3 heterocycles. The number of halogens is 4. The van der Waals surface area contributed by atoms with E-state index >= 15 is 0 Å². The second-order valence-corrected chi connectivity index (χ2v) is 8.98. The molecule has 0 spiro atoms. The zero-order valence-corrected chi connectivity index (χ0v) is 18.6. The summed E-state index contributed by atoms with van der Waals surface area (Å²) in [5, 5.41) is 11.3. The van der Waals surface area contributed by atoms with Crippen LogP contribution in [0.25, 0.3) is 16.5 Å². The molecule has 0 saturated carbocycles. The molecule has 180 valence electrons. The number of allylic oxidation sites excluding steroid dienone is 1. The van der Waals surface area contributed by atoms with E-state index in [2.05, 4.69) is 30.4 Å². The van der Waals surface area contributed by atoms with Crippen LogP contribution in [-0.4, -0.2) is 63.6 Å². The zero-order valence-electron chi connectivity index (χ0n) is 18.6. The summed E-state index contributed by atoms with van der Waals surface area (Å²) < 4.78 is 52.8. The molecule has 1 saturated heterocycles. The lowest BCUT2D eigenvalue weighted by atomic mass is 9.91. The zero-order chi connectivity index (χ0) is 23.7. The lowest BCUT2D eigenvalue weighted by molar-refractivity contribution is -0.127. The first-order valence-corrected chi connectivity index (χ1v) is 11.5. The van der Waals surface area contributed by atoms with Gasteiger partial charge in [-0.3, -0.25) is 19.4 Å². The summed E-state index contributed by atoms with van der Waals surface area (Å²) in [6.07, 6.45) is 1.77. The molecule has 6 nitrogen and oxygen atoms in total. The average Bonchev–Trinajstić information content (AvgIpc) is 3.18. The van der Waals surface area contributed by atoms with Crippen LogP contribution in [0.1, 0.15) is 42.5 Å². The SMILES string of the molecule is FCCCN1CC(Nc2cnc(C3=C(CC(F)(F)F)CCCc4c3ccc3[nH]ncc43)cn2)C1. The van der Waals surface area contributed by atoms with Crippen molar-refractivity contribution in [3.05, 3.63) is 53.1 Å². The van der Waals surface area contributed by atoms with E-state index < -0.39 is 12.6 Å². The Morgan fingerprint density at radius 2 is 1.94 bits per heavy atom. The predicted octanol–water partition coefficient (Wildman–Crippen LogP) is 4.90. The highest BCUT2D eigenvalue weighted by Crippen LogP contribution is 2.41. The fraction of sp³-hybridized carbons (Fsp3) is 0.458. The number of fused-ring (bicyclic) bond motifs is 3. The number of aromatic nitrogens is 4. The highest BCUT2D eigenvalue weighted by Gasteiger charge is 2.33. The summed E-state index contributed by atoms with van der Waals surface area (Å²) in [5.41, 5.74) is 3.92. The van der Waals surface area contributed by atoms with E-state index in [1.54, 1.807) is 18.6 Å². The molecule has 1 aliphatic heterocycles. The Labute approximate surface area is 194 Å². The number of alkyl halides is 4. The molecule has 2 aliphatic rings. The molecule has 0 radical (unpaired) electrons. The number of H-pyrrole nitrogens is 1. The van der Waals surface area contributed by atoms with Gasteiger partial charge < -0.3 is 5.32 Å². The normalized spacial score (nSPS) is 17.5. The summed E-state index contributed by atoms with van der Waals surface area (Å²) in [5.74, 6) is 0.580. The van der Waals surface area contributed by atoms with Crippen LogP contribution in [0.15, 0.2) is 36.3 Å². The molecule has 10 heteroatoms. The van der Waals surface area contributed by atoms with Crippen LogP contribution in [0, 0.1) is 0 Å². The van der Waals surface area contributed by atoms with Crippen LogP contribution in [0.3, 0.4) is 0 Å². The van der Waals surface area contributed by atoms with Gasteiger partial charge in [0, 0.05) is 30.6 Å². The van der Waals surface area contributed by atoms with Crippen LogP contribution >= 0.6 is 0 Å². The van der Waals surface area contributed by atoms with E-state index in [-0.39, 0.29) is 12.7 Å². The molecule has 2 N–H and O–H groups in total. The second kappa shape index (κ2) is 9.32. The third-order valence-electron chi connectivity index (χ3n) is 6.50. The fourth-order valence-corrected chi connectivity index (χ4v) is 4.98. The Bertz CT molecular complexity index is 1180. The number of hydrogen-bond donors (Lipinski definition) is 2. The van der Waals surface area contributed by atoms with Gasteiger partial charge in [-0.2, -0.15) is 18.3 Å². The molecule has 2 aromatic heterocycles. The van der Waals surface area contributed by atoms with Crippen molar-refractivity contribution >= 4 is 22.3 Å². The molecule has 34 heavy (non-hydrogen) atoms.